The van der Waals surface area contributed by atoms with Gasteiger partial charge in [0.15, 0.2) is 0 Å². The monoisotopic (exact) mass is 373 g/mol. The molecule has 2 aromatic carbocycles. The van der Waals surface area contributed by atoms with Crippen LogP contribution in [0.1, 0.15) is 28.3 Å². The van der Waals surface area contributed by atoms with Gasteiger partial charge in [0.25, 0.3) is 5.91 Å². The van der Waals surface area contributed by atoms with E-state index in [-0.39, 0.29) is 30.4 Å². The summed E-state index contributed by atoms with van der Waals surface area (Å²) >= 11 is 0. The first-order chi connectivity index (χ1) is 12.1. The van der Waals surface area contributed by atoms with E-state index in [2.05, 4.69) is 5.32 Å². The van der Waals surface area contributed by atoms with E-state index in [1.807, 2.05) is 24.3 Å². The Morgan fingerprint density at radius 2 is 1.92 bits per heavy atom. The number of cyclic esters (lactones) is 1. The lowest BCUT2D eigenvalue weighted by atomic mass is 10.1. The van der Waals surface area contributed by atoms with Gasteiger partial charge >= 0.3 is 6.09 Å². The van der Waals surface area contributed by atoms with Crippen molar-refractivity contribution in [2.75, 3.05) is 23.4 Å². The average molecular weight is 374 g/mol. The Kier molecular flexibility index (Phi) is 5.15. The Labute approximate surface area is 157 Å². The zero-order valence-corrected chi connectivity index (χ0v) is 14.9. The van der Waals surface area contributed by atoms with Crippen LogP contribution in [-0.2, 0) is 4.74 Å². The molecule has 7 heteroatoms. The number of hydrogen-bond acceptors (Lipinski definition) is 4. The van der Waals surface area contributed by atoms with Gasteiger partial charge in [0.1, 0.15) is 6.61 Å². The quantitative estimate of drug-likeness (QED) is 0.862. The summed E-state index contributed by atoms with van der Waals surface area (Å²) in [7, 11) is 0. The minimum atomic E-state index is -0.383. The molecular weight excluding hydrogens is 354 g/mol. The highest BCUT2D eigenvalue weighted by Crippen LogP contribution is 2.39. The minimum absolute atomic E-state index is 0. The van der Waals surface area contributed by atoms with E-state index in [1.165, 1.54) is 10.5 Å². The maximum absolute atomic E-state index is 12.5. The molecule has 1 saturated heterocycles. The molecule has 2 atom stereocenters. The number of nitrogens with one attached hydrogen (secondary N) is 1. The predicted molar refractivity (Wildman–Crippen MR) is 102 cm³/mol. The molecule has 3 N–H and O–H groups in total. The summed E-state index contributed by atoms with van der Waals surface area (Å²) in [6.07, 6.45) is 0.642. The number of carbonyl (C=O) groups is 2. The van der Waals surface area contributed by atoms with Crippen LogP contribution in [0.3, 0.4) is 0 Å². The molecule has 0 unspecified atom stereocenters. The van der Waals surface area contributed by atoms with Crippen molar-refractivity contribution in [3.05, 3.63) is 59.7 Å². The molecule has 1 aliphatic carbocycles. The number of benzene rings is 2. The number of hydrogen-bond donors (Lipinski definition) is 2. The lowest BCUT2D eigenvalue weighted by molar-refractivity contribution is 0.102. The van der Waals surface area contributed by atoms with Gasteiger partial charge in [-0.2, -0.15) is 0 Å². The molecule has 0 spiro atoms. The van der Waals surface area contributed by atoms with E-state index in [4.69, 9.17) is 10.5 Å². The Morgan fingerprint density at radius 3 is 2.54 bits per heavy atom. The maximum Gasteiger partial charge on any atom is 0.414 e. The third-order valence-corrected chi connectivity index (χ3v) is 4.62. The molecule has 2 amide bonds. The molecule has 26 heavy (non-hydrogen) atoms. The zero-order valence-electron chi connectivity index (χ0n) is 14.1. The van der Waals surface area contributed by atoms with Crippen LogP contribution in [-0.4, -0.2) is 31.2 Å². The number of halogens is 1. The number of nitrogens with zero attached hydrogens (tertiary/aromatic N) is 1. The van der Waals surface area contributed by atoms with Crippen LogP contribution in [0.15, 0.2) is 48.5 Å². The van der Waals surface area contributed by atoms with Crippen LogP contribution >= 0.6 is 12.4 Å². The fourth-order valence-electron chi connectivity index (χ4n) is 3.06. The van der Waals surface area contributed by atoms with Gasteiger partial charge in [-0.15, -0.1) is 12.4 Å². The van der Waals surface area contributed by atoms with Crippen molar-refractivity contribution < 1.29 is 14.3 Å². The molecule has 136 valence electrons. The summed E-state index contributed by atoms with van der Waals surface area (Å²) in [5.41, 5.74) is 8.95. The molecule has 0 bridgehead atoms. The first-order valence-electron chi connectivity index (χ1n) is 8.33. The highest BCUT2D eigenvalue weighted by Gasteiger charge is 2.34. The third kappa shape index (κ3) is 3.66. The van der Waals surface area contributed by atoms with E-state index in [9.17, 15) is 9.59 Å². The van der Waals surface area contributed by atoms with Gasteiger partial charge in [0.2, 0.25) is 0 Å². The van der Waals surface area contributed by atoms with Gasteiger partial charge in [0.05, 0.1) is 6.54 Å². The second-order valence-corrected chi connectivity index (χ2v) is 6.40. The van der Waals surface area contributed by atoms with Gasteiger partial charge in [-0.25, -0.2) is 4.79 Å². The predicted octanol–water partition coefficient (Wildman–Crippen LogP) is 3.13. The number of carbonyl (C=O) groups excluding carboxylic acids is 2. The number of amides is 2. The van der Waals surface area contributed by atoms with Crippen LogP contribution < -0.4 is 16.0 Å². The first-order valence-corrected chi connectivity index (χ1v) is 8.33. The SMILES string of the molecule is Cl.N[C@H]1C[C@@H]1c1ccc(NC(=O)c2cccc(N3CCOC3=O)c2)cc1. The second-order valence-electron chi connectivity index (χ2n) is 6.40. The van der Waals surface area contributed by atoms with Crippen molar-refractivity contribution in [2.24, 2.45) is 5.73 Å². The molecule has 1 aliphatic heterocycles. The summed E-state index contributed by atoms with van der Waals surface area (Å²) < 4.78 is 4.94. The molecule has 1 heterocycles. The van der Waals surface area contributed by atoms with Crippen molar-refractivity contribution in [3.63, 3.8) is 0 Å². The summed E-state index contributed by atoms with van der Waals surface area (Å²) in [5.74, 6) is 0.229. The van der Waals surface area contributed by atoms with Crippen molar-refractivity contribution in [2.45, 2.75) is 18.4 Å². The van der Waals surface area contributed by atoms with Crippen molar-refractivity contribution in [1.82, 2.24) is 0 Å². The molecule has 2 fully saturated rings. The van der Waals surface area contributed by atoms with Crippen LogP contribution in [0.4, 0.5) is 16.2 Å². The van der Waals surface area contributed by atoms with Gasteiger partial charge in [0, 0.05) is 28.9 Å². The third-order valence-electron chi connectivity index (χ3n) is 4.62. The summed E-state index contributed by atoms with van der Waals surface area (Å²) in [6, 6.07) is 15.0. The van der Waals surface area contributed by atoms with Crippen LogP contribution in [0.5, 0.6) is 0 Å². The topological polar surface area (TPSA) is 84.7 Å². The van der Waals surface area contributed by atoms with E-state index < -0.39 is 0 Å². The molecular formula is C19H20ClN3O3. The zero-order chi connectivity index (χ0) is 17.4. The lowest BCUT2D eigenvalue weighted by Gasteiger charge is -2.14. The van der Waals surface area contributed by atoms with Gasteiger partial charge in [-0.05, 0) is 42.3 Å². The molecule has 2 aliphatic rings. The van der Waals surface area contributed by atoms with E-state index in [0.29, 0.717) is 30.3 Å². The Balaban J connectivity index is 0.00000196. The second kappa shape index (κ2) is 7.35. The van der Waals surface area contributed by atoms with Gasteiger partial charge in [-0.1, -0.05) is 18.2 Å². The van der Waals surface area contributed by atoms with Gasteiger partial charge < -0.3 is 15.8 Å². The number of anilines is 2. The average Bonchev–Trinajstić information content (AvgIpc) is 3.20. The van der Waals surface area contributed by atoms with Crippen LogP contribution in [0, 0.1) is 0 Å². The van der Waals surface area contributed by atoms with Crippen molar-refractivity contribution in [1.29, 1.82) is 0 Å². The normalized spacial score (nSPS) is 21.0. The molecule has 0 aromatic heterocycles. The van der Waals surface area contributed by atoms with E-state index >= 15 is 0 Å². The first kappa shape index (κ1) is 18.2. The summed E-state index contributed by atoms with van der Waals surface area (Å²) in [6.45, 7) is 0.862. The molecule has 0 radical (unpaired) electrons. The standard InChI is InChI=1S/C19H19N3O3.ClH/c20-17-11-16(17)12-4-6-14(7-5-12)21-18(23)13-2-1-3-15(10-13)22-8-9-25-19(22)24;/h1-7,10,16-17H,8-9,11,20H2,(H,21,23);1H/t16-,17+;/m1./s1. The maximum atomic E-state index is 12.5. The summed E-state index contributed by atoms with van der Waals surface area (Å²) in [5, 5.41) is 2.88. The Hall–Kier alpha value is -2.57. The Morgan fingerprint density at radius 1 is 1.19 bits per heavy atom. The summed E-state index contributed by atoms with van der Waals surface area (Å²) in [4.78, 5) is 25.7. The van der Waals surface area contributed by atoms with E-state index in [1.54, 1.807) is 24.3 Å². The number of nitrogens with two attached hydrogens (primary N) is 1. The highest BCUT2D eigenvalue weighted by molar-refractivity contribution is 6.05. The van der Waals surface area contributed by atoms with E-state index in [0.717, 1.165) is 12.1 Å². The molecule has 1 saturated carbocycles. The number of rotatable bonds is 4. The number of ether oxygens (including phenoxy) is 1. The Bertz CT molecular complexity index is 825. The smallest absolute Gasteiger partial charge is 0.414 e. The molecule has 2 aromatic rings. The molecule has 6 nitrogen and oxygen atoms in total. The van der Waals surface area contributed by atoms with Crippen molar-refractivity contribution >= 4 is 35.8 Å². The molecule has 4 rings (SSSR count). The lowest BCUT2D eigenvalue weighted by Crippen LogP contribution is -2.23. The minimum Gasteiger partial charge on any atom is -0.447 e. The fourth-order valence-corrected chi connectivity index (χ4v) is 3.06. The largest absolute Gasteiger partial charge is 0.447 e. The van der Waals surface area contributed by atoms with Crippen LogP contribution in [0.25, 0.3) is 0 Å². The fraction of sp³-hybridized carbons (Fsp3) is 0.263. The van der Waals surface area contributed by atoms with Crippen LogP contribution in [0.2, 0.25) is 0 Å². The van der Waals surface area contributed by atoms with Gasteiger partial charge in [-0.3, -0.25) is 9.69 Å². The van der Waals surface area contributed by atoms with Crippen molar-refractivity contribution in [3.8, 4) is 0 Å². The highest BCUT2D eigenvalue weighted by atomic mass is 35.5.